The Balaban J connectivity index is 1.70. The number of carbonyl (C=O) groups is 2. The molecule has 5 rings (SSSR count). The van der Waals surface area contributed by atoms with Gasteiger partial charge >= 0.3 is 0 Å². The van der Waals surface area contributed by atoms with Crippen LogP contribution in [-0.4, -0.2) is 53.0 Å². The molecule has 0 saturated carbocycles. The smallest absolute Gasteiger partial charge is 0.244 e. The van der Waals surface area contributed by atoms with Gasteiger partial charge < -0.3 is 15.6 Å². The van der Waals surface area contributed by atoms with E-state index in [1.54, 1.807) is 24.3 Å². The largest absolute Gasteiger partial charge is 0.368 e. The number of nitrogens with two attached hydrogens (primary N) is 1. The zero-order valence-electron chi connectivity index (χ0n) is 21.5. The molecule has 196 valence electrons. The molecule has 1 fully saturated rings. The first-order valence-electron chi connectivity index (χ1n) is 12.9. The molecule has 1 aromatic heterocycles. The van der Waals surface area contributed by atoms with Gasteiger partial charge in [-0.05, 0) is 55.9 Å². The minimum absolute atomic E-state index is 0.150. The molecule has 3 heterocycles. The first-order valence-corrected chi connectivity index (χ1v) is 14.3. The predicted octanol–water partition coefficient (Wildman–Crippen LogP) is 3.66. The highest BCUT2D eigenvalue weighted by Gasteiger charge is 2.49. The van der Waals surface area contributed by atoms with E-state index >= 15 is 0 Å². The molecule has 3 N–H and O–H groups in total. The molecule has 2 aliphatic rings. The average molecular weight is 523 g/mol. The molecule has 2 aromatic carbocycles. The number of likely N-dealkylation sites (tertiary alicyclic amines) is 1. The fraction of sp³-hybridized carbons (Fsp3) is 0.429. The van der Waals surface area contributed by atoms with Crippen LogP contribution < -0.4 is 5.73 Å². The number of H-pyrrole nitrogens is 1. The fourth-order valence-corrected chi connectivity index (χ4v) is 7.65. The monoisotopic (exact) mass is 522 g/mol. The van der Waals surface area contributed by atoms with Crippen LogP contribution in [0.5, 0.6) is 0 Å². The van der Waals surface area contributed by atoms with Crippen LogP contribution in [0.15, 0.2) is 53.4 Å². The second kappa shape index (κ2) is 9.61. The highest BCUT2D eigenvalue weighted by Crippen LogP contribution is 2.44. The molecule has 3 aromatic rings. The van der Waals surface area contributed by atoms with Crippen LogP contribution in [-0.2, 0) is 26.0 Å². The maximum Gasteiger partial charge on any atom is 0.244 e. The number of nitrogens with zero attached hydrogens (tertiary/aromatic N) is 2. The van der Waals surface area contributed by atoms with Crippen molar-refractivity contribution in [3.8, 4) is 0 Å². The zero-order valence-corrected chi connectivity index (χ0v) is 22.3. The number of aromatic amines is 1. The zero-order chi connectivity index (χ0) is 26.5. The summed E-state index contributed by atoms with van der Waals surface area (Å²) >= 11 is 0. The van der Waals surface area contributed by atoms with Crippen molar-refractivity contribution >= 4 is 32.7 Å². The molecule has 0 radical (unpaired) electrons. The Labute approximate surface area is 217 Å². The maximum atomic E-state index is 14.3. The van der Waals surface area contributed by atoms with Gasteiger partial charge in [0.1, 0.15) is 12.1 Å². The van der Waals surface area contributed by atoms with E-state index in [4.69, 9.17) is 5.73 Å². The van der Waals surface area contributed by atoms with Gasteiger partial charge in [0.15, 0.2) is 0 Å². The Morgan fingerprint density at radius 1 is 1.08 bits per heavy atom. The third-order valence-corrected chi connectivity index (χ3v) is 9.56. The van der Waals surface area contributed by atoms with E-state index in [2.05, 4.69) is 4.98 Å². The van der Waals surface area contributed by atoms with Crippen molar-refractivity contribution in [3.63, 3.8) is 0 Å². The van der Waals surface area contributed by atoms with Gasteiger partial charge in [-0.3, -0.25) is 9.59 Å². The lowest BCUT2D eigenvalue weighted by Gasteiger charge is -2.42. The van der Waals surface area contributed by atoms with Gasteiger partial charge in [-0.15, -0.1) is 0 Å². The summed E-state index contributed by atoms with van der Waals surface area (Å²) in [5, 5.41) is 0.990. The van der Waals surface area contributed by atoms with Crippen molar-refractivity contribution in [2.45, 2.75) is 69.5 Å². The first-order chi connectivity index (χ1) is 17.6. The minimum Gasteiger partial charge on any atom is -0.368 e. The van der Waals surface area contributed by atoms with Crippen LogP contribution in [0.2, 0.25) is 0 Å². The second-order valence-electron chi connectivity index (χ2n) is 10.7. The van der Waals surface area contributed by atoms with Crippen molar-refractivity contribution in [3.05, 3.63) is 65.4 Å². The topological polar surface area (TPSA) is 117 Å². The minimum atomic E-state index is -4.07. The first kappa shape index (κ1) is 25.5. The Kier molecular flexibility index (Phi) is 6.62. The van der Waals surface area contributed by atoms with Crippen molar-refractivity contribution in [2.24, 2.45) is 11.7 Å². The molecular weight excluding hydrogens is 488 g/mol. The molecule has 1 saturated heterocycles. The number of hydrogen-bond donors (Lipinski definition) is 2. The molecule has 0 spiro atoms. The number of amides is 2. The van der Waals surface area contributed by atoms with Crippen molar-refractivity contribution < 1.29 is 18.0 Å². The van der Waals surface area contributed by atoms with Gasteiger partial charge in [-0.25, -0.2) is 8.42 Å². The average Bonchev–Trinajstić information content (AvgIpc) is 3.49. The van der Waals surface area contributed by atoms with Crippen LogP contribution in [0.1, 0.15) is 56.0 Å². The van der Waals surface area contributed by atoms with Crippen LogP contribution >= 0.6 is 0 Å². The molecule has 8 nitrogen and oxygen atoms in total. The lowest BCUT2D eigenvalue weighted by Crippen LogP contribution is -2.57. The summed E-state index contributed by atoms with van der Waals surface area (Å²) in [6.07, 6.45) is 1.91. The van der Waals surface area contributed by atoms with E-state index in [9.17, 15) is 18.0 Å². The molecule has 0 unspecified atom stereocenters. The number of hydrogen-bond acceptors (Lipinski definition) is 4. The number of fused-ring (bicyclic) bond motifs is 3. The lowest BCUT2D eigenvalue weighted by atomic mass is 9.89. The van der Waals surface area contributed by atoms with Gasteiger partial charge in [-0.2, -0.15) is 4.31 Å². The number of benzene rings is 2. The number of primary amides is 1. The van der Waals surface area contributed by atoms with Gasteiger partial charge in [0.05, 0.1) is 10.9 Å². The van der Waals surface area contributed by atoms with Gasteiger partial charge in [-0.1, -0.05) is 49.7 Å². The number of nitrogens with one attached hydrogen (secondary N) is 1. The summed E-state index contributed by atoms with van der Waals surface area (Å²) in [6, 6.07) is 12.3. The number of sulfonamides is 1. The van der Waals surface area contributed by atoms with E-state index in [0.29, 0.717) is 25.8 Å². The molecule has 0 aliphatic carbocycles. The molecule has 0 bridgehead atoms. The van der Waals surface area contributed by atoms with Crippen LogP contribution in [0, 0.1) is 12.8 Å². The summed E-state index contributed by atoms with van der Waals surface area (Å²) in [4.78, 5) is 31.5. The van der Waals surface area contributed by atoms with Crippen molar-refractivity contribution in [1.29, 1.82) is 0 Å². The normalized spacial score (nSPS) is 22.5. The Morgan fingerprint density at radius 2 is 1.78 bits per heavy atom. The van der Waals surface area contributed by atoms with Gasteiger partial charge in [0.2, 0.25) is 21.8 Å². The SMILES string of the molecule is Cc1ccc(S(=O)(=O)N2[C@H](C(=O)N3CCC[C@@H]3C(N)=O)Cc3c([nH]c4ccccc34)[C@@H]2CC(C)C)cc1. The quantitative estimate of drug-likeness (QED) is 0.514. The number of carbonyl (C=O) groups excluding carboxylic acids is 2. The van der Waals surface area contributed by atoms with E-state index in [-0.39, 0.29) is 23.1 Å². The van der Waals surface area contributed by atoms with E-state index in [0.717, 1.165) is 27.7 Å². The van der Waals surface area contributed by atoms with E-state index in [1.807, 2.05) is 45.0 Å². The Hall–Kier alpha value is -3.17. The number of aryl methyl sites for hydroxylation is 1. The molecule has 2 amide bonds. The summed E-state index contributed by atoms with van der Waals surface area (Å²) in [5.74, 6) is -0.748. The maximum absolute atomic E-state index is 14.3. The van der Waals surface area contributed by atoms with Crippen molar-refractivity contribution in [2.75, 3.05) is 6.54 Å². The summed E-state index contributed by atoms with van der Waals surface area (Å²) in [6.45, 7) is 6.39. The fourth-order valence-electron chi connectivity index (χ4n) is 5.90. The van der Waals surface area contributed by atoms with Crippen LogP contribution in [0.4, 0.5) is 0 Å². The van der Waals surface area contributed by atoms with Crippen LogP contribution in [0.25, 0.3) is 10.9 Å². The highest BCUT2D eigenvalue weighted by atomic mass is 32.2. The van der Waals surface area contributed by atoms with E-state index < -0.39 is 34.1 Å². The van der Waals surface area contributed by atoms with Gasteiger partial charge in [0.25, 0.3) is 0 Å². The molecule has 2 aliphatic heterocycles. The number of para-hydroxylation sites is 1. The highest BCUT2D eigenvalue weighted by molar-refractivity contribution is 7.89. The summed E-state index contributed by atoms with van der Waals surface area (Å²) in [5.41, 5.74) is 9.30. The lowest BCUT2D eigenvalue weighted by molar-refractivity contribution is -0.141. The number of rotatable bonds is 6. The second-order valence-corrected chi connectivity index (χ2v) is 12.5. The number of aromatic nitrogens is 1. The third-order valence-electron chi connectivity index (χ3n) is 7.63. The molecule has 37 heavy (non-hydrogen) atoms. The Morgan fingerprint density at radius 3 is 2.46 bits per heavy atom. The van der Waals surface area contributed by atoms with Crippen molar-refractivity contribution in [1.82, 2.24) is 14.2 Å². The summed E-state index contributed by atoms with van der Waals surface area (Å²) in [7, 11) is -4.07. The Bertz CT molecular complexity index is 1440. The molecule has 3 atom stereocenters. The van der Waals surface area contributed by atoms with Crippen LogP contribution in [0.3, 0.4) is 0 Å². The molecular formula is C28H34N4O4S. The summed E-state index contributed by atoms with van der Waals surface area (Å²) < 4.78 is 30.0. The standard InChI is InChI=1S/C28H34N4O4S/c1-17(2)15-24-26-21(20-7-4-5-8-22(20)30-26)16-25(28(34)31-14-6-9-23(31)27(29)33)32(24)37(35,36)19-12-10-18(3)11-13-19/h4-5,7-8,10-13,17,23-25,30H,6,9,14-16H2,1-3H3,(H2,29,33)/t23-,24+,25+/m1/s1. The van der Waals surface area contributed by atoms with E-state index in [1.165, 1.54) is 9.21 Å². The third kappa shape index (κ3) is 4.44. The van der Waals surface area contributed by atoms with Gasteiger partial charge in [0, 0.05) is 29.6 Å². The molecule has 9 heteroatoms. The predicted molar refractivity (Wildman–Crippen MR) is 142 cm³/mol.